The van der Waals surface area contributed by atoms with Crippen molar-refractivity contribution < 1.29 is 33.2 Å². The number of carbonyl (C=O) groups is 1. The molecular weight excluding hydrogens is 555 g/mol. The number of aryl methyl sites for hydroxylation is 1. The predicted molar refractivity (Wildman–Crippen MR) is 149 cm³/mol. The van der Waals surface area contributed by atoms with E-state index >= 15 is 0 Å². The molecule has 41 heavy (non-hydrogen) atoms. The van der Waals surface area contributed by atoms with Gasteiger partial charge in [0.1, 0.15) is 34.7 Å². The average molecular weight is 581 g/mol. The lowest BCUT2D eigenvalue weighted by Gasteiger charge is -2.15. The molecule has 0 saturated carbocycles. The molecule has 0 aliphatic heterocycles. The van der Waals surface area contributed by atoms with Gasteiger partial charge in [-0.3, -0.25) is 5.32 Å². The van der Waals surface area contributed by atoms with Crippen LogP contribution in [-0.2, 0) is 4.74 Å². The molecule has 2 N–H and O–H groups in total. The number of aliphatic hydroxyl groups is 1. The van der Waals surface area contributed by atoms with Crippen molar-refractivity contribution in [3.05, 3.63) is 54.1 Å². The van der Waals surface area contributed by atoms with Gasteiger partial charge in [0.2, 0.25) is 11.8 Å². The number of pyridine rings is 2. The summed E-state index contributed by atoms with van der Waals surface area (Å²) in [4.78, 5) is 34.6. The van der Waals surface area contributed by atoms with Crippen LogP contribution in [0, 0.1) is 12.7 Å². The smallest absolute Gasteiger partial charge is 0.412 e. The zero-order chi connectivity index (χ0) is 28.9. The number of fused-ring (bicyclic) bond motifs is 2. The number of halogens is 1. The van der Waals surface area contributed by atoms with Crippen molar-refractivity contribution in [3.8, 4) is 28.2 Å². The Bertz CT molecular complexity index is 1720. The Morgan fingerprint density at radius 1 is 1.10 bits per heavy atom. The summed E-state index contributed by atoms with van der Waals surface area (Å²) in [7, 11) is 1.53. The lowest BCUT2D eigenvalue weighted by atomic mass is 10.1. The Kier molecular flexibility index (Phi) is 8.31. The number of hydrogen-bond acceptors (Lipinski definition) is 12. The van der Waals surface area contributed by atoms with Crippen molar-refractivity contribution in [2.24, 2.45) is 0 Å². The third kappa shape index (κ3) is 6.56. The summed E-state index contributed by atoms with van der Waals surface area (Å²) < 4.78 is 36.1. The number of methoxy groups -OCH3 is 1. The first-order valence-corrected chi connectivity index (χ1v) is 13.2. The number of nitrogens with zero attached hydrogens (tertiary/aromatic N) is 5. The highest BCUT2D eigenvalue weighted by Gasteiger charge is 2.18. The number of rotatable bonds is 10. The van der Waals surface area contributed by atoms with E-state index in [0.717, 1.165) is 11.1 Å². The minimum atomic E-state index is -0.748. The second kappa shape index (κ2) is 12.2. The normalized spacial score (nSPS) is 11.8. The highest BCUT2D eigenvalue weighted by atomic mass is 32.1. The van der Waals surface area contributed by atoms with Gasteiger partial charge in [-0.05, 0) is 37.6 Å². The van der Waals surface area contributed by atoms with E-state index in [1.165, 1.54) is 43.0 Å². The van der Waals surface area contributed by atoms with Crippen LogP contribution < -0.4 is 19.5 Å². The highest BCUT2D eigenvalue weighted by Crippen LogP contribution is 2.35. The van der Waals surface area contributed by atoms with E-state index in [2.05, 4.69) is 30.2 Å². The summed E-state index contributed by atoms with van der Waals surface area (Å²) in [5, 5.41) is 12.0. The van der Waals surface area contributed by atoms with Gasteiger partial charge in [-0.1, -0.05) is 11.3 Å². The molecule has 0 aliphatic carbocycles. The Morgan fingerprint density at radius 2 is 1.95 bits per heavy atom. The maximum Gasteiger partial charge on any atom is 0.412 e. The molecule has 4 aromatic heterocycles. The first kappa shape index (κ1) is 27.9. The standard InChI is InChI=1S/C27H25FN6O6S/c1-14-8-17(23-19(9-14)32-22(37-3)12-30-23)25-33-20-11-18(28)24(34-26(20)41-25)39-13-15(2)40-27(36)31-16-4-5-29-21(10-16)38-7-6-35/h4-5,8-12,15,35H,6-7,13H2,1-3H3,(H,29,31,36)/t15-/m1/s1. The van der Waals surface area contributed by atoms with Crippen LogP contribution in [-0.4, -0.2) is 69.2 Å². The number of anilines is 1. The summed E-state index contributed by atoms with van der Waals surface area (Å²) >= 11 is 1.27. The summed E-state index contributed by atoms with van der Waals surface area (Å²) in [6.07, 6.45) is 1.49. The van der Waals surface area contributed by atoms with E-state index in [1.54, 1.807) is 13.0 Å². The van der Waals surface area contributed by atoms with E-state index in [1.807, 2.05) is 19.1 Å². The van der Waals surface area contributed by atoms with Crippen molar-refractivity contribution >= 4 is 44.5 Å². The summed E-state index contributed by atoms with van der Waals surface area (Å²) in [5.41, 5.74) is 3.74. The number of aliphatic hydroxyl groups excluding tert-OH is 1. The Balaban J connectivity index is 1.26. The number of hydrogen-bond donors (Lipinski definition) is 2. The molecular formula is C27H25FN6O6S. The molecule has 212 valence electrons. The first-order valence-electron chi connectivity index (χ1n) is 12.4. The fraction of sp³-hybridized carbons (Fsp3) is 0.259. The molecule has 0 saturated heterocycles. The first-order chi connectivity index (χ1) is 19.8. The zero-order valence-corrected chi connectivity index (χ0v) is 23.1. The molecule has 0 unspecified atom stereocenters. The number of aromatic nitrogens is 5. The molecule has 1 aromatic carbocycles. The van der Waals surface area contributed by atoms with E-state index in [9.17, 15) is 9.18 Å². The summed E-state index contributed by atoms with van der Waals surface area (Å²) in [6, 6.07) is 8.13. The van der Waals surface area contributed by atoms with Crippen LogP contribution in [0.3, 0.4) is 0 Å². The topological polar surface area (TPSA) is 151 Å². The second-order valence-corrected chi connectivity index (χ2v) is 9.80. The number of amides is 1. The lowest BCUT2D eigenvalue weighted by molar-refractivity contribution is 0.0827. The Labute approximate surface area is 237 Å². The largest absolute Gasteiger partial charge is 0.480 e. The number of ether oxygens (including phenoxy) is 4. The maximum absolute atomic E-state index is 14.8. The molecule has 4 heterocycles. The van der Waals surface area contributed by atoms with Crippen LogP contribution >= 0.6 is 11.3 Å². The van der Waals surface area contributed by atoms with Crippen molar-refractivity contribution in [2.45, 2.75) is 20.0 Å². The molecule has 0 radical (unpaired) electrons. The predicted octanol–water partition coefficient (Wildman–Crippen LogP) is 4.54. The van der Waals surface area contributed by atoms with Gasteiger partial charge in [-0.15, -0.1) is 0 Å². The van der Waals surface area contributed by atoms with Crippen LogP contribution in [0.2, 0.25) is 0 Å². The third-order valence-corrected chi connectivity index (χ3v) is 6.60. The molecule has 0 spiro atoms. The Morgan fingerprint density at radius 3 is 2.76 bits per heavy atom. The van der Waals surface area contributed by atoms with Crippen molar-refractivity contribution in [3.63, 3.8) is 0 Å². The minimum Gasteiger partial charge on any atom is -0.480 e. The molecule has 0 aliphatic rings. The van der Waals surface area contributed by atoms with Crippen LogP contribution in [0.1, 0.15) is 12.5 Å². The lowest BCUT2D eigenvalue weighted by Crippen LogP contribution is -2.25. The van der Waals surface area contributed by atoms with E-state index in [0.29, 0.717) is 38.0 Å². The van der Waals surface area contributed by atoms with Gasteiger partial charge in [0, 0.05) is 23.9 Å². The van der Waals surface area contributed by atoms with Crippen LogP contribution in [0.25, 0.3) is 32.0 Å². The maximum atomic E-state index is 14.8. The van der Waals surface area contributed by atoms with Crippen molar-refractivity contribution in [1.82, 2.24) is 24.9 Å². The van der Waals surface area contributed by atoms with Crippen molar-refractivity contribution in [1.29, 1.82) is 0 Å². The number of carbonyl (C=O) groups excluding carboxylic acids is 1. The molecule has 5 aromatic rings. The summed E-state index contributed by atoms with van der Waals surface area (Å²) in [5.74, 6) is -0.297. The molecule has 0 bridgehead atoms. The van der Waals surface area contributed by atoms with Gasteiger partial charge >= 0.3 is 6.09 Å². The van der Waals surface area contributed by atoms with Gasteiger partial charge < -0.3 is 24.1 Å². The quantitative estimate of drug-likeness (QED) is 0.240. The van der Waals surface area contributed by atoms with Crippen molar-refractivity contribution in [2.75, 3.05) is 32.2 Å². The fourth-order valence-corrected chi connectivity index (χ4v) is 4.76. The molecule has 1 atom stereocenters. The number of benzene rings is 1. The molecule has 5 rings (SSSR count). The highest BCUT2D eigenvalue weighted by molar-refractivity contribution is 7.21. The molecule has 14 heteroatoms. The fourth-order valence-electron chi connectivity index (χ4n) is 3.83. The van der Waals surface area contributed by atoms with Gasteiger partial charge in [-0.25, -0.2) is 29.1 Å². The number of thiazole rings is 1. The number of nitrogens with one attached hydrogen (secondary N) is 1. The van der Waals surface area contributed by atoms with Crippen LogP contribution in [0.15, 0.2) is 42.7 Å². The molecule has 12 nitrogen and oxygen atoms in total. The summed E-state index contributed by atoms with van der Waals surface area (Å²) in [6.45, 7) is 3.30. The van der Waals surface area contributed by atoms with Gasteiger partial charge in [0.05, 0.1) is 36.6 Å². The second-order valence-electron chi connectivity index (χ2n) is 8.82. The van der Waals surface area contributed by atoms with Gasteiger partial charge in [0.25, 0.3) is 5.88 Å². The third-order valence-electron chi connectivity index (χ3n) is 5.60. The van der Waals surface area contributed by atoms with Crippen LogP contribution in [0.4, 0.5) is 14.9 Å². The van der Waals surface area contributed by atoms with Crippen LogP contribution in [0.5, 0.6) is 17.6 Å². The monoisotopic (exact) mass is 580 g/mol. The average Bonchev–Trinajstić information content (AvgIpc) is 3.36. The minimum absolute atomic E-state index is 0.0711. The zero-order valence-electron chi connectivity index (χ0n) is 22.3. The van der Waals surface area contributed by atoms with Gasteiger partial charge in [0.15, 0.2) is 5.82 Å². The SMILES string of the molecule is COc1cnc2c(-c3nc4cc(F)c(OC[C@@H](C)OC(=O)Nc5ccnc(OCCO)c5)nc4s3)cc(C)cc2n1. The van der Waals surface area contributed by atoms with Gasteiger partial charge in [-0.2, -0.15) is 4.98 Å². The van der Waals surface area contributed by atoms with E-state index in [4.69, 9.17) is 24.1 Å². The molecule has 1 amide bonds. The van der Waals surface area contributed by atoms with E-state index in [-0.39, 0.29) is 31.6 Å². The van der Waals surface area contributed by atoms with E-state index < -0.39 is 18.0 Å². The Hall–Kier alpha value is -4.69. The molecule has 0 fully saturated rings.